The highest BCUT2D eigenvalue weighted by Crippen LogP contribution is 2.27. The zero-order valence-electron chi connectivity index (χ0n) is 14.7. The van der Waals surface area contributed by atoms with Gasteiger partial charge in [-0.1, -0.05) is 22.0 Å². The number of alkyl halides is 2. The molecule has 2 aromatic carbocycles. The maximum Gasteiger partial charge on any atom is 0.387 e. The standard InChI is InChI=1S/C20H16BrF2NO4/c1-12-16(3-2-4-17(12)28-20(22)23)24-19(25)18-10-9-15(27-18)11-26-14-7-5-13(21)6-8-14/h2-10,20H,11H2,1H3,(H,24,25). The minimum atomic E-state index is -2.94. The second kappa shape index (κ2) is 8.88. The van der Waals surface area contributed by atoms with Crippen LogP contribution < -0.4 is 14.8 Å². The van der Waals surface area contributed by atoms with E-state index in [4.69, 9.17) is 9.15 Å². The van der Waals surface area contributed by atoms with Crippen LogP contribution in [0.2, 0.25) is 0 Å². The smallest absolute Gasteiger partial charge is 0.387 e. The first-order valence-electron chi connectivity index (χ1n) is 8.25. The van der Waals surface area contributed by atoms with E-state index in [0.717, 1.165) is 4.47 Å². The number of amides is 1. The summed E-state index contributed by atoms with van der Waals surface area (Å²) in [6, 6.07) is 15.0. The molecule has 0 spiro atoms. The van der Waals surface area contributed by atoms with Crippen molar-refractivity contribution in [3.05, 3.63) is 76.2 Å². The van der Waals surface area contributed by atoms with Gasteiger partial charge in [0.25, 0.3) is 5.91 Å². The summed E-state index contributed by atoms with van der Waals surface area (Å²) in [7, 11) is 0. The first-order valence-corrected chi connectivity index (χ1v) is 9.04. The molecule has 0 unspecified atom stereocenters. The van der Waals surface area contributed by atoms with Gasteiger partial charge in [-0.2, -0.15) is 8.78 Å². The fraction of sp³-hybridized carbons (Fsp3) is 0.150. The number of hydrogen-bond acceptors (Lipinski definition) is 4. The number of nitrogens with one attached hydrogen (secondary N) is 1. The van der Waals surface area contributed by atoms with Crippen LogP contribution in [-0.2, 0) is 6.61 Å². The molecule has 3 aromatic rings. The van der Waals surface area contributed by atoms with E-state index in [9.17, 15) is 13.6 Å². The Labute approximate surface area is 168 Å². The maximum atomic E-state index is 12.4. The van der Waals surface area contributed by atoms with Crippen LogP contribution in [0.1, 0.15) is 21.9 Å². The van der Waals surface area contributed by atoms with Gasteiger partial charge in [0.15, 0.2) is 5.76 Å². The molecule has 0 atom stereocenters. The van der Waals surface area contributed by atoms with E-state index >= 15 is 0 Å². The van der Waals surface area contributed by atoms with Crippen LogP contribution in [-0.4, -0.2) is 12.5 Å². The van der Waals surface area contributed by atoms with E-state index in [1.54, 1.807) is 31.2 Å². The molecule has 8 heteroatoms. The molecule has 0 aliphatic heterocycles. The Hall–Kier alpha value is -2.87. The second-order valence-electron chi connectivity index (χ2n) is 5.77. The van der Waals surface area contributed by atoms with Gasteiger partial charge in [-0.25, -0.2) is 0 Å². The molecule has 5 nitrogen and oxygen atoms in total. The average Bonchev–Trinajstić information content (AvgIpc) is 3.13. The molecule has 0 saturated heterocycles. The van der Waals surface area contributed by atoms with Crippen molar-refractivity contribution in [3.63, 3.8) is 0 Å². The van der Waals surface area contributed by atoms with Crippen LogP contribution in [0.25, 0.3) is 0 Å². The van der Waals surface area contributed by atoms with Crippen molar-refractivity contribution < 1.29 is 27.5 Å². The van der Waals surface area contributed by atoms with E-state index in [2.05, 4.69) is 26.0 Å². The number of anilines is 1. The number of carbonyl (C=O) groups excluding carboxylic acids is 1. The zero-order chi connectivity index (χ0) is 20.1. The molecule has 0 radical (unpaired) electrons. The Morgan fingerprint density at radius 3 is 2.61 bits per heavy atom. The van der Waals surface area contributed by atoms with Gasteiger partial charge in [-0.05, 0) is 55.5 Å². The molecule has 0 fully saturated rings. The Kier molecular flexibility index (Phi) is 6.30. The van der Waals surface area contributed by atoms with Gasteiger partial charge in [0, 0.05) is 15.7 Å². The number of rotatable bonds is 7. The van der Waals surface area contributed by atoms with E-state index in [-0.39, 0.29) is 18.1 Å². The van der Waals surface area contributed by atoms with Crippen molar-refractivity contribution >= 4 is 27.5 Å². The van der Waals surface area contributed by atoms with E-state index in [0.29, 0.717) is 22.8 Å². The summed E-state index contributed by atoms with van der Waals surface area (Å²) in [5, 5.41) is 2.63. The summed E-state index contributed by atoms with van der Waals surface area (Å²) in [6.45, 7) is -1.21. The molecular weight excluding hydrogens is 436 g/mol. The van der Waals surface area contributed by atoms with Crippen LogP contribution in [0, 0.1) is 6.92 Å². The summed E-state index contributed by atoms with van der Waals surface area (Å²) in [5.41, 5.74) is 0.744. The number of ether oxygens (including phenoxy) is 2. The number of furan rings is 1. The molecule has 1 heterocycles. The lowest BCUT2D eigenvalue weighted by molar-refractivity contribution is -0.0502. The largest absolute Gasteiger partial charge is 0.486 e. The maximum absolute atomic E-state index is 12.4. The summed E-state index contributed by atoms with van der Waals surface area (Å²) in [4.78, 5) is 12.4. The monoisotopic (exact) mass is 451 g/mol. The minimum absolute atomic E-state index is 0.00386. The second-order valence-corrected chi connectivity index (χ2v) is 6.69. The Morgan fingerprint density at radius 1 is 1.14 bits per heavy atom. The van der Waals surface area contributed by atoms with Crippen LogP contribution >= 0.6 is 15.9 Å². The molecular formula is C20H16BrF2NO4. The molecule has 1 aromatic heterocycles. The molecule has 28 heavy (non-hydrogen) atoms. The van der Waals surface area contributed by atoms with Crippen LogP contribution in [0.4, 0.5) is 14.5 Å². The first-order chi connectivity index (χ1) is 13.4. The Balaban J connectivity index is 1.63. The van der Waals surface area contributed by atoms with E-state index in [1.807, 2.05) is 12.1 Å². The predicted molar refractivity (Wildman–Crippen MR) is 103 cm³/mol. The molecule has 0 saturated carbocycles. The average molecular weight is 452 g/mol. The molecule has 146 valence electrons. The van der Waals surface area contributed by atoms with Crippen molar-refractivity contribution in [1.29, 1.82) is 0 Å². The van der Waals surface area contributed by atoms with Crippen LogP contribution in [0.5, 0.6) is 11.5 Å². The molecule has 0 bridgehead atoms. The molecule has 1 N–H and O–H groups in total. The first kappa shape index (κ1) is 19.9. The van der Waals surface area contributed by atoms with Crippen molar-refractivity contribution in [2.24, 2.45) is 0 Å². The van der Waals surface area contributed by atoms with Gasteiger partial charge in [0.2, 0.25) is 0 Å². The van der Waals surface area contributed by atoms with Crippen LogP contribution in [0.3, 0.4) is 0 Å². The summed E-state index contributed by atoms with van der Waals surface area (Å²) >= 11 is 3.35. The van der Waals surface area contributed by atoms with Gasteiger partial charge in [0.1, 0.15) is 23.9 Å². The number of halogens is 3. The lowest BCUT2D eigenvalue weighted by atomic mass is 10.1. The highest BCUT2D eigenvalue weighted by atomic mass is 79.9. The lowest BCUT2D eigenvalue weighted by Gasteiger charge is -2.12. The Bertz CT molecular complexity index is 957. The molecule has 0 aliphatic rings. The number of hydrogen-bond donors (Lipinski definition) is 1. The van der Waals surface area contributed by atoms with Gasteiger partial charge in [-0.15, -0.1) is 0 Å². The summed E-state index contributed by atoms with van der Waals surface area (Å²) in [5.74, 6) is 0.702. The van der Waals surface area contributed by atoms with E-state index in [1.165, 1.54) is 18.2 Å². The quantitative estimate of drug-likeness (QED) is 0.494. The van der Waals surface area contributed by atoms with Gasteiger partial charge in [-0.3, -0.25) is 4.79 Å². The van der Waals surface area contributed by atoms with Crippen molar-refractivity contribution in [3.8, 4) is 11.5 Å². The van der Waals surface area contributed by atoms with E-state index < -0.39 is 12.5 Å². The fourth-order valence-electron chi connectivity index (χ4n) is 2.42. The Morgan fingerprint density at radius 2 is 1.89 bits per heavy atom. The highest BCUT2D eigenvalue weighted by Gasteiger charge is 2.15. The fourth-order valence-corrected chi connectivity index (χ4v) is 2.68. The number of benzene rings is 2. The lowest BCUT2D eigenvalue weighted by Crippen LogP contribution is -2.13. The third-order valence-electron chi connectivity index (χ3n) is 3.83. The minimum Gasteiger partial charge on any atom is -0.486 e. The van der Waals surface area contributed by atoms with Gasteiger partial charge >= 0.3 is 6.61 Å². The number of carbonyl (C=O) groups is 1. The highest BCUT2D eigenvalue weighted by molar-refractivity contribution is 9.10. The van der Waals surface area contributed by atoms with Crippen molar-refractivity contribution in [1.82, 2.24) is 0 Å². The zero-order valence-corrected chi connectivity index (χ0v) is 16.3. The summed E-state index contributed by atoms with van der Waals surface area (Å²) in [6.07, 6.45) is 0. The van der Waals surface area contributed by atoms with Gasteiger partial charge in [0.05, 0.1) is 0 Å². The molecule has 3 rings (SSSR count). The molecule has 0 aliphatic carbocycles. The van der Waals surface area contributed by atoms with Gasteiger partial charge < -0.3 is 19.2 Å². The topological polar surface area (TPSA) is 60.7 Å². The third-order valence-corrected chi connectivity index (χ3v) is 4.36. The normalized spacial score (nSPS) is 10.8. The summed E-state index contributed by atoms with van der Waals surface area (Å²) < 4.78 is 41.3. The van der Waals surface area contributed by atoms with Crippen LogP contribution in [0.15, 0.2) is 63.5 Å². The third kappa shape index (κ3) is 5.10. The van der Waals surface area contributed by atoms with Crippen molar-refractivity contribution in [2.45, 2.75) is 20.1 Å². The molecule has 1 amide bonds. The SMILES string of the molecule is Cc1c(NC(=O)c2ccc(COc3ccc(Br)cc3)o2)cccc1OC(F)F. The predicted octanol–water partition coefficient (Wildman–Crippen LogP) is 5.78. The van der Waals surface area contributed by atoms with Crippen molar-refractivity contribution in [2.75, 3.05) is 5.32 Å².